The van der Waals surface area contributed by atoms with E-state index >= 15 is 0 Å². The average molecular weight is 467 g/mol. The van der Waals surface area contributed by atoms with Gasteiger partial charge in [-0.3, -0.25) is 4.79 Å². The Morgan fingerprint density at radius 3 is 2.76 bits per heavy atom. The van der Waals surface area contributed by atoms with Crippen LogP contribution in [-0.2, 0) is 0 Å². The number of methoxy groups -OCH3 is 1. The van der Waals surface area contributed by atoms with Crippen LogP contribution in [0.1, 0.15) is 34.5 Å². The van der Waals surface area contributed by atoms with Gasteiger partial charge in [0.25, 0.3) is 5.91 Å². The fourth-order valence-electron chi connectivity index (χ4n) is 3.61. The van der Waals surface area contributed by atoms with Crippen LogP contribution in [0, 0.1) is 6.92 Å². The molecule has 4 rings (SSSR count). The van der Waals surface area contributed by atoms with Crippen molar-refractivity contribution in [2.45, 2.75) is 19.9 Å². The number of benzene rings is 1. The van der Waals surface area contributed by atoms with Crippen LogP contribution in [0.2, 0.25) is 5.02 Å². The number of H-pyrrole nitrogens is 1. The molecule has 1 aromatic carbocycles. The Hall–Kier alpha value is -3.79. The van der Waals surface area contributed by atoms with Gasteiger partial charge in [-0.1, -0.05) is 11.6 Å². The van der Waals surface area contributed by atoms with Gasteiger partial charge in [-0.2, -0.15) is 10.2 Å². The molecule has 0 aliphatic heterocycles. The van der Waals surface area contributed by atoms with E-state index in [1.165, 1.54) is 17.4 Å². The second kappa shape index (κ2) is 8.99. The van der Waals surface area contributed by atoms with Crippen molar-refractivity contribution in [1.29, 1.82) is 0 Å². The molecule has 1 amide bonds. The smallest absolute Gasteiger partial charge is 0.255 e. The molecular formula is C22H23ClN8O2. The number of carbonyl (C=O) groups is 1. The number of hydrogen-bond acceptors (Lipinski definition) is 8. The molecule has 0 radical (unpaired) electrons. The molecule has 0 saturated heterocycles. The van der Waals surface area contributed by atoms with E-state index in [1.807, 2.05) is 19.9 Å². The molecule has 0 saturated carbocycles. The standard InChI is InChI=1S/C22H23ClN8O2/c1-11-15(23)7-14(12(2)29-21-18-20(25-9-24-18)26-10-27-21)19(33-5)17(11)16-6-13(8-28-30-16)22(32)31(3)4/h6-10,12H,1-5H3,(H2,24,25,26,27,29). The van der Waals surface area contributed by atoms with Gasteiger partial charge in [-0.05, 0) is 31.5 Å². The molecule has 3 aromatic heterocycles. The van der Waals surface area contributed by atoms with Crippen LogP contribution in [0.3, 0.4) is 0 Å². The van der Waals surface area contributed by atoms with E-state index in [2.05, 4.69) is 35.5 Å². The first-order chi connectivity index (χ1) is 15.8. The van der Waals surface area contributed by atoms with E-state index < -0.39 is 0 Å². The molecule has 33 heavy (non-hydrogen) atoms. The Morgan fingerprint density at radius 1 is 1.24 bits per heavy atom. The summed E-state index contributed by atoms with van der Waals surface area (Å²) >= 11 is 6.63. The summed E-state index contributed by atoms with van der Waals surface area (Å²) in [6, 6.07) is 3.28. The van der Waals surface area contributed by atoms with Crippen LogP contribution < -0.4 is 10.1 Å². The minimum absolute atomic E-state index is 0.174. The Balaban J connectivity index is 1.81. The van der Waals surface area contributed by atoms with Crippen molar-refractivity contribution in [3.05, 3.63) is 52.7 Å². The third-order valence-corrected chi connectivity index (χ3v) is 5.70. The maximum absolute atomic E-state index is 12.5. The summed E-state index contributed by atoms with van der Waals surface area (Å²) < 4.78 is 5.83. The topological polar surface area (TPSA) is 122 Å². The van der Waals surface area contributed by atoms with Crippen LogP contribution in [0.15, 0.2) is 31.0 Å². The molecule has 0 bridgehead atoms. The van der Waals surface area contributed by atoms with Crippen LogP contribution in [-0.4, -0.2) is 62.1 Å². The minimum Gasteiger partial charge on any atom is -0.496 e. The average Bonchev–Trinajstić information content (AvgIpc) is 3.29. The molecule has 170 valence electrons. The maximum Gasteiger partial charge on any atom is 0.255 e. The highest BCUT2D eigenvalue weighted by Crippen LogP contribution is 2.42. The second-order valence-electron chi connectivity index (χ2n) is 7.70. The highest BCUT2D eigenvalue weighted by Gasteiger charge is 2.24. The molecule has 1 atom stereocenters. The van der Waals surface area contributed by atoms with Gasteiger partial charge < -0.3 is 19.9 Å². The van der Waals surface area contributed by atoms with E-state index in [9.17, 15) is 4.79 Å². The van der Waals surface area contributed by atoms with E-state index in [1.54, 1.807) is 33.6 Å². The highest BCUT2D eigenvalue weighted by atomic mass is 35.5. The zero-order chi connectivity index (χ0) is 23.7. The zero-order valence-corrected chi connectivity index (χ0v) is 19.6. The van der Waals surface area contributed by atoms with Crippen molar-refractivity contribution in [3.8, 4) is 17.0 Å². The zero-order valence-electron chi connectivity index (χ0n) is 18.8. The summed E-state index contributed by atoms with van der Waals surface area (Å²) in [6.45, 7) is 3.84. The van der Waals surface area contributed by atoms with Crippen LogP contribution in [0.25, 0.3) is 22.4 Å². The number of imidazole rings is 1. The van der Waals surface area contributed by atoms with Crippen LogP contribution in [0.5, 0.6) is 5.75 Å². The van der Waals surface area contributed by atoms with E-state index in [0.29, 0.717) is 44.6 Å². The number of anilines is 1. The van der Waals surface area contributed by atoms with E-state index in [4.69, 9.17) is 16.3 Å². The van der Waals surface area contributed by atoms with Crippen molar-refractivity contribution in [3.63, 3.8) is 0 Å². The van der Waals surface area contributed by atoms with E-state index in [-0.39, 0.29) is 11.9 Å². The van der Waals surface area contributed by atoms with Crippen molar-refractivity contribution in [2.24, 2.45) is 0 Å². The molecule has 11 heteroatoms. The Morgan fingerprint density at radius 2 is 2.03 bits per heavy atom. The number of aromatic amines is 1. The number of rotatable bonds is 6. The molecule has 10 nitrogen and oxygen atoms in total. The monoisotopic (exact) mass is 466 g/mol. The van der Waals surface area contributed by atoms with E-state index in [0.717, 1.165) is 11.1 Å². The fraction of sp³-hybridized carbons (Fsp3) is 0.273. The summed E-state index contributed by atoms with van der Waals surface area (Å²) in [4.78, 5) is 29.7. The second-order valence-corrected chi connectivity index (χ2v) is 8.11. The molecule has 4 aromatic rings. The van der Waals surface area contributed by atoms with Crippen molar-refractivity contribution in [2.75, 3.05) is 26.5 Å². The lowest BCUT2D eigenvalue weighted by Crippen LogP contribution is -2.22. The van der Waals surface area contributed by atoms with Crippen molar-refractivity contribution in [1.82, 2.24) is 35.0 Å². The van der Waals surface area contributed by atoms with Crippen molar-refractivity contribution < 1.29 is 9.53 Å². The lowest BCUT2D eigenvalue weighted by molar-refractivity contribution is 0.0827. The molecule has 0 spiro atoms. The van der Waals surface area contributed by atoms with Gasteiger partial charge in [0.2, 0.25) is 0 Å². The number of nitrogens with zero attached hydrogens (tertiary/aromatic N) is 6. The third kappa shape index (κ3) is 4.17. The molecule has 0 aliphatic rings. The highest BCUT2D eigenvalue weighted by molar-refractivity contribution is 6.32. The molecule has 2 N–H and O–H groups in total. The fourth-order valence-corrected chi connectivity index (χ4v) is 3.82. The third-order valence-electron chi connectivity index (χ3n) is 5.31. The Bertz CT molecular complexity index is 1340. The summed E-state index contributed by atoms with van der Waals surface area (Å²) in [5, 5.41) is 12.2. The number of aromatic nitrogens is 6. The predicted octanol–water partition coefficient (Wildman–Crippen LogP) is 3.66. The maximum atomic E-state index is 12.5. The lowest BCUT2D eigenvalue weighted by Gasteiger charge is -2.22. The number of hydrogen-bond donors (Lipinski definition) is 2. The first-order valence-electron chi connectivity index (χ1n) is 10.1. The first-order valence-corrected chi connectivity index (χ1v) is 10.5. The molecule has 3 heterocycles. The van der Waals surface area contributed by atoms with Gasteiger partial charge in [0.1, 0.15) is 17.6 Å². The van der Waals surface area contributed by atoms with Crippen LogP contribution >= 0.6 is 11.6 Å². The Kier molecular flexibility index (Phi) is 6.10. The summed E-state index contributed by atoms with van der Waals surface area (Å²) in [7, 11) is 4.95. The predicted molar refractivity (Wildman–Crippen MR) is 126 cm³/mol. The Labute approximate surface area is 195 Å². The quantitative estimate of drug-likeness (QED) is 0.441. The lowest BCUT2D eigenvalue weighted by atomic mass is 9.96. The summed E-state index contributed by atoms with van der Waals surface area (Å²) in [6.07, 6.45) is 4.47. The number of nitrogens with one attached hydrogen (secondary N) is 2. The van der Waals surface area contributed by atoms with Gasteiger partial charge in [-0.15, -0.1) is 0 Å². The normalized spacial score (nSPS) is 11.9. The molecule has 0 fully saturated rings. The first kappa shape index (κ1) is 22.4. The van der Waals surface area contributed by atoms with Gasteiger partial charge >= 0.3 is 0 Å². The SMILES string of the molecule is COc1c(C(C)Nc2ncnc3[nH]cnc23)cc(Cl)c(C)c1-c1cc(C(=O)N(C)C)cnn1. The van der Waals surface area contributed by atoms with Crippen molar-refractivity contribution >= 4 is 34.5 Å². The number of ether oxygens (including phenoxy) is 1. The molecule has 0 aliphatic carbocycles. The van der Waals surface area contributed by atoms with Gasteiger partial charge in [0.05, 0.1) is 36.9 Å². The summed E-state index contributed by atoms with van der Waals surface area (Å²) in [5.41, 5.74) is 4.39. The largest absolute Gasteiger partial charge is 0.496 e. The van der Waals surface area contributed by atoms with Gasteiger partial charge in [-0.25, -0.2) is 15.0 Å². The number of amides is 1. The van der Waals surface area contributed by atoms with Gasteiger partial charge in [0.15, 0.2) is 11.5 Å². The van der Waals surface area contributed by atoms with Crippen LogP contribution in [0.4, 0.5) is 5.82 Å². The summed E-state index contributed by atoms with van der Waals surface area (Å²) in [5.74, 6) is 0.979. The number of carbonyl (C=O) groups excluding carboxylic acids is 1. The van der Waals surface area contributed by atoms with Gasteiger partial charge in [0, 0.05) is 30.2 Å². The molecular weight excluding hydrogens is 444 g/mol. The minimum atomic E-state index is -0.258. The number of halogens is 1. The molecule has 1 unspecified atom stereocenters. The number of fused-ring (bicyclic) bond motifs is 1.